The molecule has 0 aliphatic heterocycles. The van der Waals surface area contributed by atoms with E-state index in [9.17, 15) is 0 Å². The van der Waals surface area contributed by atoms with Gasteiger partial charge in [0.1, 0.15) is 0 Å². The van der Waals surface area contributed by atoms with E-state index in [4.69, 9.17) is 0 Å². The van der Waals surface area contributed by atoms with Crippen LogP contribution in [0.4, 0.5) is 0 Å². The molecule has 0 aromatic carbocycles. The van der Waals surface area contributed by atoms with Gasteiger partial charge in [-0.25, -0.2) is 5.01 Å². The molecule has 0 aromatic rings. The van der Waals surface area contributed by atoms with Crippen LogP contribution in [0.25, 0.3) is 0 Å². The molecule has 1 N–H and O–H groups in total. The van der Waals surface area contributed by atoms with E-state index < -0.39 is 0 Å². The fraction of sp³-hybridized carbons (Fsp3) is 1.00. The minimum atomic E-state index is 0.843. The highest BCUT2D eigenvalue weighted by Crippen LogP contribution is 2.23. The van der Waals surface area contributed by atoms with E-state index in [1.54, 1.807) is 0 Å². The SMILES string of the molecule is CCNN(C)C1CC1. The Morgan fingerprint density at radius 3 is 2.62 bits per heavy atom. The maximum atomic E-state index is 3.24. The molecule has 1 fully saturated rings. The van der Waals surface area contributed by atoms with Crippen LogP contribution in [0.1, 0.15) is 19.8 Å². The molecule has 0 spiro atoms. The van der Waals surface area contributed by atoms with Crippen molar-refractivity contribution in [3.63, 3.8) is 0 Å². The number of nitrogens with one attached hydrogen (secondary N) is 1. The van der Waals surface area contributed by atoms with Crippen LogP contribution in [0.3, 0.4) is 0 Å². The molecule has 1 aliphatic carbocycles. The summed E-state index contributed by atoms with van der Waals surface area (Å²) in [5.41, 5.74) is 3.24. The number of hydrogen-bond donors (Lipinski definition) is 1. The van der Waals surface area contributed by atoms with Crippen LogP contribution in [0, 0.1) is 0 Å². The lowest BCUT2D eigenvalue weighted by molar-refractivity contribution is 0.231. The molecule has 2 heteroatoms. The Morgan fingerprint density at radius 1 is 1.62 bits per heavy atom. The molecular weight excluding hydrogens is 100 g/mol. The summed E-state index contributed by atoms with van der Waals surface area (Å²) in [6.07, 6.45) is 2.76. The van der Waals surface area contributed by atoms with E-state index in [0.29, 0.717) is 0 Å². The van der Waals surface area contributed by atoms with Crippen molar-refractivity contribution in [2.45, 2.75) is 25.8 Å². The van der Waals surface area contributed by atoms with Crippen molar-refractivity contribution in [1.29, 1.82) is 0 Å². The summed E-state index contributed by atoms with van der Waals surface area (Å²) >= 11 is 0. The first kappa shape index (κ1) is 6.05. The standard InChI is InChI=1S/C6H14N2/c1-3-7-8(2)6-4-5-6/h6-7H,3-5H2,1-2H3. The van der Waals surface area contributed by atoms with E-state index in [0.717, 1.165) is 12.6 Å². The topological polar surface area (TPSA) is 15.3 Å². The van der Waals surface area contributed by atoms with E-state index >= 15 is 0 Å². The molecule has 0 aromatic heterocycles. The second kappa shape index (κ2) is 2.46. The number of nitrogens with zero attached hydrogens (tertiary/aromatic N) is 1. The molecular formula is C6H14N2. The second-order valence-electron chi connectivity index (χ2n) is 2.35. The predicted molar refractivity (Wildman–Crippen MR) is 34.5 cm³/mol. The quantitative estimate of drug-likeness (QED) is 0.541. The highest BCUT2D eigenvalue weighted by atomic mass is 15.5. The summed E-state index contributed by atoms with van der Waals surface area (Å²) in [6.45, 7) is 3.17. The zero-order valence-electron chi connectivity index (χ0n) is 5.65. The van der Waals surface area contributed by atoms with Crippen LogP contribution in [-0.4, -0.2) is 24.6 Å². The van der Waals surface area contributed by atoms with Crippen molar-refractivity contribution >= 4 is 0 Å². The third kappa shape index (κ3) is 1.46. The van der Waals surface area contributed by atoms with Crippen molar-refractivity contribution in [2.24, 2.45) is 0 Å². The Bertz CT molecular complexity index is 68.9. The van der Waals surface area contributed by atoms with Gasteiger partial charge in [-0.3, -0.25) is 5.43 Å². The first-order valence-corrected chi connectivity index (χ1v) is 3.31. The fourth-order valence-corrected chi connectivity index (χ4v) is 0.840. The van der Waals surface area contributed by atoms with Crippen LogP contribution in [0.15, 0.2) is 0 Å². The highest BCUT2D eigenvalue weighted by Gasteiger charge is 2.25. The average Bonchev–Trinajstić information content (AvgIpc) is 2.45. The van der Waals surface area contributed by atoms with E-state index in [1.807, 2.05) is 0 Å². The number of hydrazine groups is 1. The van der Waals surface area contributed by atoms with Gasteiger partial charge in [-0.15, -0.1) is 0 Å². The molecule has 0 radical (unpaired) electrons. The van der Waals surface area contributed by atoms with Gasteiger partial charge in [0.05, 0.1) is 0 Å². The zero-order chi connectivity index (χ0) is 5.98. The normalized spacial score (nSPS) is 19.9. The summed E-state index contributed by atoms with van der Waals surface area (Å²) in [6, 6.07) is 0.843. The molecule has 2 nitrogen and oxygen atoms in total. The zero-order valence-corrected chi connectivity index (χ0v) is 5.65. The van der Waals surface area contributed by atoms with Gasteiger partial charge in [0.25, 0.3) is 0 Å². The van der Waals surface area contributed by atoms with Crippen LogP contribution in [0.2, 0.25) is 0 Å². The molecule has 0 amide bonds. The largest absolute Gasteiger partial charge is 0.255 e. The molecule has 8 heavy (non-hydrogen) atoms. The molecule has 1 rings (SSSR count). The highest BCUT2D eigenvalue weighted by molar-refractivity contribution is 4.79. The second-order valence-corrected chi connectivity index (χ2v) is 2.35. The van der Waals surface area contributed by atoms with Gasteiger partial charge in [-0.2, -0.15) is 0 Å². The summed E-state index contributed by atoms with van der Waals surface area (Å²) in [5, 5.41) is 2.21. The third-order valence-electron chi connectivity index (χ3n) is 1.50. The van der Waals surface area contributed by atoms with Gasteiger partial charge < -0.3 is 0 Å². The van der Waals surface area contributed by atoms with Gasteiger partial charge in [0.2, 0.25) is 0 Å². The number of rotatable bonds is 3. The van der Waals surface area contributed by atoms with E-state index in [1.165, 1.54) is 12.8 Å². The van der Waals surface area contributed by atoms with Crippen LogP contribution in [-0.2, 0) is 0 Å². The van der Waals surface area contributed by atoms with Crippen LogP contribution < -0.4 is 5.43 Å². The monoisotopic (exact) mass is 114 g/mol. The lowest BCUT2D eigenvalue weighted by atomic mass is 10.7. The smallest absolute Gasteiger partial charge is 0.0241 e. The molecule has 1 aliphatic rings. The summed E-state index contributed by atoms with van der Waals surface area (Å²) in [5.74, 6) is 0. The molecule has 0 atom stereocenters. The van der Waals surface area contributed by atoms with Gasteiger partial charge in [0.15, 0.2) is 0 Å². The average molecular weight is 114 g/mol. The molecule has 0 saturated heterocycles. The summed E-state index contributed by atoms with van der Waals surface area (Å²) in [7, 11) is 2.11. The number of hydrogen-bond acceptors (Lipinski definition) is 2. The maximum absolute atomic E-state index is 3.24. The fourth-order valence-electron chi connectivity index (χ4n) is 0.840. The first-order valence-electron chi connectivity index (χ1n) is 3.31. The predicted octanol–water partition coefficient (Wildman–Crippen LogP) is 0.605. The van der Waals surface area contributed by atoms with Gasteiger partial charge in [-0.1, -0.05) is 6.92 Å². The Morgan fingerprint density at radius 2 is 2.25 bits per heavy atom. The first-order chi connectivity index (χ1) is 3.84. The third-order valence-corrected chi connectivity index (χ3v) is 1.50. The molecule has 48 valence electrons. The van der Waals surface area contributed by atoms with E-state index in [-0.39, 0.29) is 0 Å². The lowest BCUT2D eigenvalue weighted by Crippen LogP contribution is -2.35. The molecule has 0 bridgehead atoms. The Kier molecular flexibility index (Phi) is 1.86. The molecule has 0 heterocycles. The lowest BCUT2D eigenvalue weighted by Gasteiger charge is -2.14. The minimum Gasteiger partial charge on any atom is -0.255 e. The Labute approximate surface area is 50.8 Å². The Hall–Kier alpha value is -0.0800. The van der Waals surface area contributed by atoms with Gasteiger partial charge in [-0.05, 0) is 12.8 Å². The Balaban J connectivity index is 2.03. The minimum absolute atomic E-state index is 0.843. The van der Waals surface area contributed by atoms with Crippen LogP contribution in [0.5, 0.6) is 0 Å². The summed E-state index contributed by atoms with van der Waals surface area (Å²) < 4.78 is 0. The molecule has 0 unspecified atom stereocenters. The van der Waals surface area contributed by atoms with Gasteiger partial charge >= 0.3 is 0 Å². The van der Waals surface area contributed by atoms with Crippen molar-refractivity contribution in [3.8, 4) is 0 Å². The van der Waals surface area contributed by atoms with Crippen molar-refractivity contribution < 1.29 is 0 Å². The van der Waals surface area contributed by atoms with Crippen LogP contribution >= 0.6 is 0 Å². The van der Waals surface area contributed by atoms with Crippen molar-refractivity contribution in [2.75, 3.05) is 13.6 Å². The van der Waals surface area contributed by atoms with Crippen molar-refractivity contribution in [1.82, 2.24) is 10.4 Å². The van der Waals surface area contributed by atoms with Crippen molar-refractivity contribution in [3.05, 3.63) is 0 Å². The summed E-state index contributed by atoms with van der Waals surface area (Å²) in [4.78, 5) is 0. The van der Waals surface area contributed by atoms with Gasteiger partial charge in [0, 0.05) is 19.6 Å². The van der Waals surface area contributed by atoms with E-state index in [2.05, 4.69) is 24.4 Å². The maximum Gasteiger partial charge on any atom is 0.0241 e. The molecule has 1 saturated carbocycles.